The maximum atomic E-state index is 14.2. The number of pyridine rings is 2. The highest BCUT2D eigenvalue weighted by atomic mass is 16.2. The number of nitrogens with zero attached hydrogens (tertiary/aromatic N) is 4. The summed E-state index contributed by atoms with van der Waals surface area (Å²) in [7, 11) is 0. The van der Waals surface area contributed by atoms with Crippen molar-refractivity contribution in [3.63, 3.8) is 0 Å². The Hall–Kier alpha value is -4.32. The summed E-state index contributed by atoms with van der Waals surface area (Å²) < 4.78 is 0. The maximum Gasteiger partial charge on any atom is 0.261 e. The Balaban J connectivity index is 1.74. The zero-order valence-electron chi connectivity index (χ0n) is 20.7. The van der Waals surface area contributed by atoms with Gasteiger partial charge in [-0.05, 0) is 38.5 Å². The summed E-state index contributed by atoms with van der Waals surface area (Å²) in [5, 5.41) is 3.83. The molecule has 0 fully saturated rings. The molecular weight excluding hydrogens is 448 g/mol. The molecule has 0 aliphatic carbocycles. The van der Waals surface area contributed by atoms with Gasteiger partial charge in [-0.1, -0.05) is 48.5 Å². The van der Waals surface area contributed by atoms with E-state index in [1.165, 1.54) is 0 Å². The van der Waals surface area contributed by atoms with Crippen molar-refractivity contribution in [1.82, 2.24) is 19.8 Å². The molecule has 2 aliphatic rings. The summed E-state index contributed by atoms with van der Waals surface area (Å²) >= 11 is 0. The van der Waals surface area contributed by atoms with E-state index in [1.807, 2.05) is 76.2 Å². The van der Waals surface area contributed by atoms with Crippen LogP contribution < -0.4 is 0 Å². The van der Waals surface area contributed by atoms with Gasteiger partial charge in [-0.3, -0.25) is 19.6 Å². The van der Waals surface area contributed by atoms with Gasteiger partial charge in [0.05, 0.1) is 22.5 Å². The number of benzene rings is 2. The fourth-order valence-corrected chi connectivity index (χ4v) is 5.46. The van der Waals surface area contributed by atoms with Gasteiger partial charge in [0.25, 0.3) is 11.8 Å². The van der Waals surface area contributed by atoms with Crippen LogP contribution in [0, 0.1) is 0 Å². The maximum absolute atomic E-state index is 14.2. The third-order valence-corrected chi connectivity index (χ3v) is 6.95. The Kier molecular flexibility index (Phi) is 5.00. The molecule has 0 spiro atoms. The lowest BCUT2D eigenvalue weighted by Gasteiger charge is -2.29. The molecule has 0 atom stereocenters. The predicted molar refractivity (Wildman–Crippen MR) is 141 cm³/mol. The van der Waals surface area contributed by atoms with E-state index in [1.54, 1.807) is 34.6 Å². The molecule has 2 aromatic carbocycles. The molecule has 0 N–H and O–H groups in total. The second-order valence-electron chi connectivity index (χ2n) is 9.80. The number of carbonyl (C=O) groups excluding carboxylic acids is 2. The van der Waals surface area contributed by atoms with Crippen LogP contribution in [0.3, 0.4) is 0 Å². The van der Waals surface area contributed by atoms with Gasteiger partial charge in [-0.2, -0.15) is 0 Å². The van der Waals surface area contributed by atoms with E-state index >= 15 is 0 Å². The van der Waals surface area contributed by atoms with Crippen molar-refractivity contribution in [1.29, 1.82) is 0 Å². The first-order chi connectivity index (χ1) is 17.4. The second kappa shape index (κ2) is 8.12. The number of amides is 2. The number of carbonyl (C=O) groups is 2. The van der Waals surface area contributed by atoms with Crippen molar-refractivity contribution < 1.29 is 9.59 Å². The average Bonchev–Trinajstić information content (AvgIpc) is 3.35. The van der Waals surface area contributed by atoms with Crippen LogP contribution in [0.15, 0.2) is 84.5 Å². The quantitative estimate of drug-likeness (QED) is 0.397. The number of aromatic nitrogens is 2. The molecule has 2 amide bonds. The molecule has 4 aromatic rings. The summed E-state index contributed by atoms with van der Waals surface area (Å²) in [6, 6.07) is 15.6. The molecule has 2 aromatic heterocycles. The lowest BCUT2D eigenvalue weighted by atomic mass is 9.98. The third kappa shape index (κ3) is 3.04. The van der Waals surface area contributed by atoms with Gasteiger partial charge in [0.1, 0.15) is 0 Å². The van der Waals surface area contributed by atoms with Crippen molar-refractivity contribution in [3.8, 4) is 0 Å². The molecule has 0 unspecified atom stereocenters. The van der Waals surface area contributed by atoms with Crippen LogP contribution in [0.2, 0.25) is 0 Å². The summed E-state index contributed by atoms with van der Waals surface area (Å²) in [4.78, 5) is 40.8. The third-order valence-electron chi connectivity index (χ3n) is 6.95. The van der Waals surface area contributed by atoms with Gasteiger partial charge in [-0.15, -0.1) is 0 Å². The van der Waals surface area contributed by atoms with E-state index in [-0.39, 0.29) is 23.9 Å². The van der Waals surface area contributed by atoms with Crippen LogP contribution in [-0.2, 0) is 9.59 Å². The molecule has 0 bridgehead atoms. The lowest BCUT2D eigenvalue weighted by Crippen LogP contribution is -2.36. The monoisotopic (exact) mass is 474 g/mol. The molecule has 2 aliphatic heterocycles. The Morgan fingerprint density at radius 1 is 0.583 bits per heavy atom. The van der Waals surface area contributed by atoms with E-state index in [0.717, 1.165) is 32.7 Å². The zero-order valence-corrected chi connectivity index (χ0v) is 20.7. The number of fused-ring (bicyclic) bond motifs is 3. The van der Waals surface area contributed by atoms with E-state index in [0.29, 0.717) is 22.5 Å². The summed E-state index contributed by atoms with van der Waals surface area (Å²) in [5.41, 5.74) is 3.73. The molecule has 6 nitrogen and oxygen atoms in total. The highest BCUT2D eigenvalue weighted by Gasteiger charge is 2.50. The smallest absolute Gasteiger partial charge is 0.261 e. The average molecular weight is 475 g/mol. The number of hydrogen-bond donors (Lipinski definition) is 0. The van der Waals surface area contributed by atoms with Gasteiger partial charge >= 0.3 is 0 Å². The highest BCUT2D eigenvalue weighted by molar-refractivity contribution is 6.31. The Morgan fingerprint density at radius 2 is 0.972 bits per heavy atom. The number of rotatable bonds is 4. The first kappa shape index (κ1) is 22.2. The summed E-state index contributed by atoms with van der Waals surface area (Å²) in [5.74, 6) is -0.329. The zero-order chi connectivity index (χ0) is 25.1. The Bertz CT molecular complexity index is 1510. The molecule has 0 saturated heterocycles. The molecule has 6 heteroatoms. The SMILES string of the molecule is CC(C)N1C(=O)C2=C(c3cncc4ccccc34)N(C(C)C)C(=O)C2=C1c1cncc2ccccc12. The first-order valence-corrected chi connectivity index (χ1v) is 12.2. The highest BCUT2D eigenvalue weighted by Crippen LogP contribution is 2.49. The van der Waals surface area contributed by atoms with Gasteiger partial charge in [0.15, 0.2) is 0 Å². The van der Waals surface area contributed by atoms with Gasteiger partial charge in [0.2, 0.25) is 0 Å². The molecule has 0 radical (unpaired) electrons. The largest absolute Gasteiger partial charge is 0.304 e. The second-order valence-corrected chi connectivity index (χ2v) is 9.80. The molecular formula is C30H26N4O2. The molecule has 4 heterocycles. The van der Waals surface area contributed by atoms with Crippen molar-refractivity contribution >= 4 is 44.8 Å². The van der Waals surface area contributed by atoms with E-state index < -0.39 is 0 Å². The minimum absolute atomic E-state index is 0.149. The van der Waals surface area contributed by atoms with E-state index in [4.69, 9.17) is 0 Å². The van der Waals surface area contributed by atoms with E-state index in [9.17, 15) is 9.59 Å². The van der Waals surface area contributed by atoms with Crippen LogP contribution in [0.5, 0.6) is 0 Å². The normalized spacial score (nSPS) is 16.1. The van der Waals surface area contributed by atoms with Gasteiger partial charge < -0.3 is 9.80 Å². The minimum atomic E-state index is -0.164. The Labute approximate surface area is 209 Å². The topological polar surface area (TPSA) is 66.4 Å². The molecule has 0 saturated carbocycles. The van der Waals surface area contributed by atoms with Gasteiger partial charge in [0, 0.05) is 58.8 Å². The van der Waals surface area contributed by atoms with Crippen molar-refractivity contribution in [2.24, 2.45) is 0 Å². The molecule has 36 heavy (non-hydrogen) atoms. The van der Waals surface area contributed by atoms with Crippen LogP contribution in [0.4, 0.5) is 0 Å². The van der Waals surface area contributed by atoms with Crippen molar-refractivity contribution in [3.05, 3.63) is 95.6 Å². The summed E-state index contributed by atoms with van der Waals surface area (Å²) in [6.45, 7) is 7.90. The summed E-state index contributed by atoms with van der Waals surface area (Å²) in [6.07, 6.45) is 7.14. The Morgan fingerprint density at radius 3 is 1.36 bits per heavy atom. The minimum Gasteiger partial charge on any atom is -0.304 e. The molecule has 6 rings (SSSR count). The van der Waals surface area contributed by atoms with Crippen molar-refractivity contribution in [2.75, 3.05) is 0 Å². The van der Waals surface area contributed by atoms with Crippen LogP contribution in [-0.4, -0.2) is 43.7 Å². The van der Waals surface area contributed by atoms with Crippen LogP contribution in [0.1, 0.15) is 38.8 Å². The first-order valence-electron chi connectivity index (χ1n) is 12.2. The fourth-order valence-electron chi connectivity index (χ4n) is 5.46. The van der Waals surface area contributed by atoms with Crippen LogP contribution >= 0.6 is 0 Å². The van der Waals surface area contributed by atoms with Crippen LogP contribution in [0.25, 0.3) is 32.9 Å². The van der Waals surface area contributed by atoms with E-state index in [2.05, 4.69) is 9.97 Å². The molecule has 178 valence electrons. The standard InChI is InChI=1S/C30H26N4O2/c1-17(2)33-27(23-15-31-13-19-9-5-7-11-21(19)23)25-26(29(33)35)28(34(18(3)4)30(25)36)24-16-32-14-20-10-6-8-12-22(20)24/h5-18H,1-4H3. The predicted octanol–water partition coefficient (Wildman–Crippen LogP) is 5.41. The lowest BCUT2D eigenvalue weighted by molar-refractivity contribution is -0.125. The fraction of sp³-hybridized carbons (Fsp3) is 0.200. The number of hydrogen-bond acceptors (Lipinski definition) is 4. The van der Waals surface area contributed by atoms with Crippen molar-refractivity contribution in [2.45, 2.75) is 39.8 Å². The van der Waals surface area contributed by atoms with Gasteiger partial charge in [-0.25, -0.2) is 0 Å².